The van der Waals surface area contributed by atoms with Gasteiger partial charge < -0.3 is 14.8 Å². The molecule has 6 heteroatoms. The van der Waals surface area contributed by atoms with E-state index in [1.54, 1.807) is 0 Å². The van der Waals surface area contributed by atoms with Crippen LogP contribution in [0.15, 0.2) is 18.6 Å². The Morgan fingerprint density at radius 1 is 1.27 bits per heavy atom. The number of aryl methyl sites for hydroxylation is 3. The third-order valence-electron chi connectivity index (χ3n) is 4.74. The van der Waals surface area contributed by atoms with Gasteiger partial charge in [0.25, 0.3) is 0 Å². The van der Waals surface area contributed by atoms with Crippen molar-refractivity contribution in [2.45, 2.75) is 25.8 Å². The zero-order valence-electron chi connectivity index (χ0n) is 13.0. The maximum Gasteiger partial charge on any atom is 0.151 e. The molecular formula is C16H22N6. The molecule has 2 aromatic heterocycles. The second-order valence-corrected chi connectivity index (χ2v) is 6.43. The van der Waals surface area contributed by atoms with Crippen LogP contribution < -0.4 is 10.2 Å². The summed E-state index contributed by atoms with van der Waals surface area (Å²) in [6.07, 6.45) is 7.26. The smallest absolute Gasteiger partial charge is 0.151 e. The van der Waals surface area contributed by atoms with Gasteiger partial charge in [0, 0.05) is 45.3 Å². The molecule has 2 aromatic rings. The lowest BCUT2D eigenvalue weighted by Crippen LogP contribution is -2.51. The van der Waals surface area contributed by atoms with Gasteiger partial charge in [-0.25, -0.2) is 4.98 Å². The van der Waals surface area contributed by atoms with Crippen LogP contribution in [0.2, 0.25) is 0 Å². The van der Waals surface area contributed by atoms with Gasteiger partial charge in [0.15, 0.2) is 5.82 Å². The first-order valence-electron chi connectivity index (χ1n) is 8.06. The zero-order valence-corrected chi connectivity index (χ0v) is 13.0. The van der Waals surface area contributed by atoms with Crippen LogP contribution in [-0.2, 0) is 26.4 Å². The molecular weight excluding hydrogens is 276 g/mol. The number of aromatic nitrogens is 4. The van der Waals surface area contributed by atoms with Crippen LogP contribution in [0.5, 0.6) is 0 Å². The van der Waals surface area contributed by atoms with Gasteiger partial charge in [-0.2, -0.15) is 5.10 Å². The fourth-order valence-corrected chi connectivity index (χ4v) is 3.32. The van der Waals surface area contributed by atoms with Crippen LogP contribution in [0.3, 0.4) is 0 Å². The number of hydrogen-bond donors (Lipinski definition) is 1. The van der Waals surface area contributed by atoms with Crippen LogP contribution in [0.1, 0.15) is 23.4 Å². The van der Waals surface area contributed by atoms with Gasteiger partial charge in [-0.3, -0.25) is 0 Å². The lowest BCUT2D eigenvalue weighted by molar-refractivity contribution is 0.379. The summed E-state index contributed by atoms with van der Waals surface area (Å²) in [6, 6.07) is 2.24. The predicted octanol–water partition coefficient (Wildman–Crippen LogP) is 0.925. The van der Waals surface area contributed by atoms with E-state index in [0.717, 1.165) is 38.4 Å². The first-order chi connectivity index (χ1) is 10.8. The molecule has 0 saturated carbocycles. The highest BCUT2D eigenvalue weighted by Crippen LogP contribution is 2.26. The minimum Gasteiger partial charge on any atom is -0.354 e. The maximum absolute atomic E-state index is 4.38. The highest BCUT2D eigenvalue weighted by Gasteiger charge is 2.28. The lowest BCUT2D eigenvalue weighted by Gasteiger charge is -2.40. The largest absolute Gasteiger partial charge is 0.354 e. The van der Waals surface area contributed by atoms with E-state index in [9.17, 15) is 0 Å². The Morgan fingerprint density at radius 3 is 3.00 bits per heavy atom. The molecule has 0 spiro atoms. The van der Waals surface area contributed by atoms with E-state index in [0.29, 0.717) is 5.92 Å². The summed E-state index contributed by atoms with van der Waals surface area (Å²) < 4.78 is 2.06. The molecule has 2 aliphatic rings. The number of fused-ring (bicyclic) bond motifs is 1. The molecule has 1 aliphatic carbocycles. The Labute approximate surface area is 130 Å². The molecule has 3 heterocycles. The number of hydrogen-bond acceptors (Lipinski definition) is 5. The van der Waals surface area contributed by atoms with Crippen molar-refractivity contribution in [3.8, 4) is 0 Å². The maximum atomic E-state index is 4.38. The summed E-state index contributed by atoms with van der Waals surface area (Å²) in [5.41, 5.74) is 3.84. The van der Waals surface area contributed by atoms with Crippen molar-refractivity contribution in [1.29, 1.82) is 0 Å². The molecule has 0 atom stereocenters. The van der Waals surface area contributed by atoms with Gasteiger partial charge in [0.1, 0.15) is 0 Å². The van der Waals surface area contributed by atoms with Gasteiger partial charge in [0.2, 0.25) is 0 Å². The third kappa shape index (κ3) is 2.59. The number of anilines is 1. The topological polar surface area (TPSA) is 58.9 Å². The molecule has 0 amide bonds. The van der Waals surface area contributed by atoms with E-state index in [-0.39, 0.29) is 0 Å². The average molecular weight is 298 g/mol. The van der Waals surface area contributed by atoms with E-state index in [1.807, 2.05) is 19.6 Å². The fourth-order valence-electron chi connectivity index (χ4n) is 3.32. The van der Waals surface area contributed by atoms with Crippen LogP contribution >= 0.6 is 0 Å². The monoisotopic (exact) mass is 298 g/mol. The second-order valence-electron chi connectivity index (χ2n) is 6.43. The molecule has 0 aromatic carbocycles. The van der Waals surface area contributed by atoms with Crippen molar-refractivity contribution < 1.29 is 0 Å². The Hall–Kier alpha value is -1.95. The standard InChI is InChI=1S/C16H22N6/c1-21-11-18-8-14(21)7-17-6-12-9-22(10-12)16-5-13-3-2-4-15(13)19-20-16/h5,8,11-12,17H,2-4,6-7,9-10H2,1H3. The third-order valence-corrected chi connectivity index (χ3v) is 4.74. The van der Waals surface area contributed by atoms with Crippen LogP contribution in [-0.4, -0.2) is 39.4 Å². The Kier molecular flexibility index (Phi) is 3.54. The quantitative estimate of drug-likeness (QED) is 0.890. The number of imidazole rings is 1. The van der Waals surface area contributed by atoms with Gasteiger partial charge in [-0.1, -0.05) is 0 Å². The summed E-state index contributed by atoms with van der Waals surface area (Å²) >= 11 is 0. The van der Waals surface area contributed by atoms with Crippen molar-refractivity contribution in [2.24, 2.45) is 13.0 Å². The van der Waals surface area contributed by atoms with Crippen molar-refractivity contribution in [2.75, 3.05) is 24.5 Å². The molecule has 1 N–H and O–H groups in total. The predicted molar refractivity (Wildman–Crippen MR) is 84.7 cm³/mol. The molecule has 22 heavy (non-hydrogen) atoms. The minimum atomic E-state index is 0.697. The molecule has 116 valence electrons. The average Bonchev–Trinajstić information content (AvgIpc) is 3.09. The lowest BCUT2D eigenvalue weighted by atomic mass is 10.00. The molecule has 0 unspecified atom stereocenters. The van der Waals surface area contributed by atoms with Crippen LogP contribution in [0, 0.1) is 5.92 Å². The summed E-state index contributed by atoms with van der Waals surface area (Å²) in [6.45, 7) is 4.07. The zero-order chi connectivity index (χ0) is 14.9. The molecule has 1 fully saturated rings. The Bertz CT molecular complexity index is 658. The second kappa shape index (κ2) is 5.68. The van der Waals surface area contributed by atoms with Gasteiger partial charge in [0.05, 0.1) is 17.7 Å². The molecule has 1 aliphatic heterocycles. The molecule has 6 nitrogen and oxygen atoms in total. The van der Waals surface area contributed by atoms with Crippen molar-refractivity contribution in [3.63, 3.8) is 0 Å². The summed E-state index contributed by atoms with van der Waals surface area (Å²) in [7, 11) is 2.03. The molecule has 0 bridgehead atoms. The van der Waals surface area contributed by atoms with Gasteiger partial charge >= 0.3 is 0 Å². The Morgan fingerprint density at radius 2 is 2.18 bits per heavy atom. The fraction of sp³-hybridized carbons (Fsp3) is 0.562. The molecule has 1 saturated heterocycles. The van der Waals surface area contributed by atoms with Crippen molar-refractivity contribution in [1.82, 2.24) is 25.1 Å². The van der Waals surface area contributed by atoms with E-state index in [1.165, 1.54) is 29.8 Å². The summed E-state index contributed by atoms with van der Waals surface area (Å²) in [5.74, 6) is 1.76. The van der Waals surface area contributed by atoms with Crippen molar-refractivity contribution in [3.05, 3.63) is 35.5 Å². The normalized spacial score (nSPS) is 17.6. The highest BCUT2D eigenvalue weighted by molar-refractivity contribution is 5.45. The first-order valence-corrected chi connectivity index (χ1v) is 8.06. The van der Waals surface area contributed by atoms with Crippen molar-refractivity contribution >= 4 is 5.82 Å². The molecule has 4 rings (SSSR count). The Balaban J connectivity index is 1.25. The highest BCUT2D eigenvalue weighted by atomic mass is 15.3. The van der Waals surface area contributed by atoms with E-state index in [2.05, 4.69) is 36.0 Å². The van der Waals surface area contributed by atoms with E-state index < -0.39 is 0 Å². The minimum absolute atomic E-state index is 0.697. The van der Waals surface area contributed by atoms with Gasteiger partial charge in [-0.05, 0) is 30.9 Å². The first kappa shape index (κ1) is 13.7. The number of nitrogens with one attached hydrogen (secondary N) is 1. The molecule has 0 radical (unpaired) electrons. The van der Waals surface area contributed by atoms with Gasteiger partial charge in [-0.15, -0.1) is 5.10 Å². The number of nitrogens with zero attached hydrogens (tertiary/aromatic N) is 5. The SMILES string of the molecule is Cn1cncc1CNCC1CN(c2cc3c(nn2)CCC3)C1. The summed E-state index contributed by atoms with van der Waals surface area (Å²) in [5, 5.41) is 12.3. The number of rotatable bonds is 5. The van der Waals surface area contributed by atoms with E-state index in [4.69, 9.17) is 0 Å². The van der Waals surface area contributed by atoms with E-state index >= 15 is 0 Å². The summed E-state index contributed by atoms with van der Waals surface area (Å²) in [4.78, 5) is 6.47. The van der Waals surface area contributed by atoms with Crippen LogP contribution in [0.4, 0.5) is 5.82 Å². The van der Waals surface area contributed by atoms with Crippen LogP contribution in [0.25, 0.3) is 0 Å².